The average Bonchev–Trinajstić information content (AvgIpc) is 2.75. The lowest BCUT2D eigenvalue weighted by atomic mass is 10.2. The molecule has 0 spiro atoms. The molecular weight excluding hydrogens is 257 g/mol. The number of fused-ring (bicyclic) bond motifs is 1. The van der Waals surface area contributed by atoms with Gasteiger partial charge < -0.3 is 9.72 Å². The zero-order chi connectivity index (χ0) is 13.9. The van der Waals surface area contributed by atoms with Gasteiger partial charge in [0.25, 0.3) is 0 Å². The SMILES string of the molecule is CCCOCCc1nc2ccc(C(F)(F)F)cc2[nH]1. The third kappa shape index (κ3) is 3.47. The van der Waals surface area contributed by atoms with E-state index in [0.717, 1.165) is 18.6 Å². The fourth-order valence-corrected chi connectivity index (χ4v) is 1.77. The van der Waals surface area contributed by atoms with Gasteiger partial charge in [-0.25, -0.2) is 4.98 Å². The Hall–Kier alpha value is -1.56. The topological polar surface area (TPSA) is 37.9 Å². The summed E-state index contributed by atoms with van der Waals surface area (Å²) in [6.45, 7) is 3.21. The van der Waals surface area contributed by atoms with Gasteiger partial charge in [-0.05, 0) is 24.6 Å². The Bertz CT molecular complexity index is 548. The number of nitrogens with zero attached hydrogens (tertiary/aromatic N) is 1. The predicted molar refractivity (Wildman–Crippen MR) is 65.9 cm³/mol. The summed E-state index contributed by atoms with van der Waals surface area (Å²) in [4.78, 5) is 7.12. The van der Waals surface area contributed by atoms with E-state index >= 15 is 0 Å². The molecule has 0 radical (unpaired) electrons. The largest absolute Gasteiger partial charge is 0.416 e. The molecule has 0 bridgehead atoms. The molecule has 0 saturated carbocycles. The van der Waals surface area contributed by atoms with E-state index in [2.05, 4.69) is 9.97 Å². The van der Waals surface area contributed by atoms with E-state index in [4.69, 9.17) is 4.74 Å². The Morgan fingerprint density at radius 2 is 2.05 bits per heavy atom. The van der Waals surface area contributed by atoms with Gasteiger partial charge in [0.2, 0.25) is 0 Å². The second kappa shape index (κ2) is 5.61. The highest BCUT2D eigenvalue weighted by Crippen LogP contribution is 2.30. The lowest BCUT2D eigenvalue weighted by Gasteiger charge is -2.05. The Labute approximate surface area is 108 Å². The Kier molecular flexibility index (Phi) is 4.09. The summed E-state index contributed by atoms with van der Waals surface area (Å²) in [5.74, 6) is 0.644. The number of ether oxygens (including phenoxy) is 1. The van der Waals surface area contributed by atoms with Gasteiger partial charge in [0, 0.05) is 13.0 Å². The minimum Gasteiger partial charge on any atom is -0.381 e. The number of halogens is 3. The number of aromatic amines is 1. The molecule has 104 valence electrons. The maximum absolute atomic E-state index is 12.6. The molecule has 1 aromatic heterocycles. The molecule has 0 aliphatic heterocycles. The van der Waals surface area contributed by atoms with Gasteiger partial charge in [-0.3, -0.25) is 0 Å². The monoisotopic (exact) mass is 272 g/mol. The van der Waals surface area contributed by atoms with Crippen LogP contribution in [0.1, 0.15) is 24.7 Å². The Balaban J connectivity index is 2.12. The van der Waals surface area contributed by atoms with Crippen LogP contribution in [0.25, 0.3) is 11.0 Å². The zero-order valence-electron chi connectivity index (χ0n) is 10.5. The number of nitrogens with one attached hydrogen (secondary N) is 1. The number of benzene rings is 1. The van der Waals surface area contributed by atoms with Crippen molar-refractivity contribution in [1.29, 1.82) is 0 Å². The van der Waals surface area contributed by atoms with Crippen LogP contribution in [0.5, 0.6) is 0 Å². The van der Waals surface area contributed by atoms with Crippen molar-refractivity contribution in [2.75, 3.05) is 13.2 Å². The fraction of sp³-hybridized carbons (Fsp3) is 0.462. The molecular formula is C13H15F3N2O. The van der Waals surface area contributed by atoms with Gasteiger partial charge in [-0.15, -0.1) is 0 Å². The van der Waals surface area contributed by atoms with Crippen molar-refractivity contribution < 1.29 is 17.9 Å². The number of hydrogen-bond acceptors (Lipinski definition) is 2. The van der Waals surface area contributed by atoms with Gasteiger partial charge in [0.15, 0.2) is 0 Å². The molecule has 1 aromatic carbocycles. The number of rotatable bonds is 5. The number of hydrogen-bond donors (Lipinski definition) is 1. The molecule has 3 nitrogen and oxygen atoms in total. The van der Waals surface area contributed by atoms with Gasteiger partial charge >= 0.3 is 6.18 Å². The third-order valence-electron chi connectivity index (χ3n) is 2.69. The van der Waals surface area contributed by atoms with Gasteiger partial charge in [0.1, 0.15) is 5.82 Å². The quantitative estimate of drug-likeness (QED) is 0.845. The zero-order valence-corrected chi connectivity index (χ0v) is 10.5. The molecule has 0 saturated heterocycles. The van der Waals surface area contributed by atoms with Crippen LogP contribution in [0.2, 0.25) is 0 Å². The van der Waals surface area contributed by atoms with Crippen LogP contribution in [0.4, 0.5) is 13.2 Å². The van der Waals surface area contributed by atoms with Crippen LogP contribution in [-0.4, -0.2) is 23.2 Å². The molecule has 0 aliphatic carbocycles. The Morgan fingerprint density at radius 3 is 2.74 bits per heavy atom. The number of alkyl halides is 3. The van der Waals surface area contributed by atoms with Crippen LogP contribution < -0.4 is 0 Å². The molecule has 1 heterocycles. The van der Waals surface area contributed by atoms with Crippen LogP contribution in [0.3, 0.4) is 0 Å². The molecule has 1 N–H and O–H groups in total. The molecule has 6 heteroatoms. The second-order valence-electron chi connectivity index (χ2n) is 4.28. The molecule has 2 aromatic rings. The first-order chi connectivity index (χ1) is 9.00. The van der Waals surface area contributed by atoms with E-state index in [1.54, 1.807) is 0 Å². The molecule has 2 rings (SSSR count). The normalized spacial score (nSPS) is 12.2. The summed E-state index contributed by atoms with van der Waals surface area (Å²) in [6, 6.07) is 3.50. The maximum Gasteiger partial charge on any atom is 0.416 e. The third-order valence-corrected chi connectivity index (χ3v) is 2.69. The number of aromatic nitrogens is 2. The average molecular weight is 272 g/mol. The van der Waals surface area contributed by atoms with Crippen molar-refractivity contribution >= 4 is 11.0 Å². The number of H-pyrrole nitrogens is 1. The van der Waals surface area contributed by atoms with E-state index in [1.165, 1.54) is 6.07 Å². The molecule has 0 fully saturated rings. The standard InChI is InChI=1S/C13H15F3N2O/c1-2-6-19-7-5-12-17-10-4-3-9(13(14,15)16)8-11(10)18-12/h3-4,8H,2,5-7H2,1H3,(H,17,18). The summed E-state index contributed by atoms with van der Waals surface area (Å²) in [7, 11) is 0. The number of imidazole rings is 1. The lowest BCUT2D eigenvalue weighted by Crippen LogP contribution is -2.04. The summed E-state index contributed by atoms with van der Waals surface area (Å²) in [6.07, 6.45) is -2.82. The molecule has 0 amide bonds. The predicted octanol–water partition coefficient (Wildman–Crippen LogP) is 3.55. The van der Waals surface area contributed by atoms with E-state index < -0.39 is 11.7 Å². The smallest absolute Gasteiger partial charge is 0.381 e. The molecule has 19 heavy (non-hydrogen) atoms. The summed E-state index contributed by atoms with van der Waals surface area (Å²) < 4.78 is 43.0. The van der Waals surface area contributed by atoms with Crippen molar-refractivity contribution in [3.05, 3.63) is 29.6 Å². The van der Waals surface area contributed by atoms with Crippen LogP contribution >= 0.6 is 0 Å². The second-order valence-corrected chi connectivity index (χ2v) is 4.28. The van der Waals surface area contributed by atoms with Gasteiger partial charge in [-0.1, -0.05) is 6.92 Å². The van der Waals surface area contributed by atoms with Crippen molar-refractivity contribution in [1.82, 2.24) is 9.97 Å². The summed E-state index contributed by atoms with van der Waals surface area (Å²) >= 11 is 0. The first-order valence-electron chi connectivity index (χ1n) is 6.14. The molecule has 0 atom stereocenters. The summed E-state index contributed by atoms with van der Waals surface area (Å²) in [5, 5.41) is 0. The van der Waals surface area contributed by atoms with Crippen molar-refractivity contribution in [3.8, 4) is 0 Å². The minimum atomic E-state index is -4.33. The van der Waals surface area contributed by atoms with Crippen molar-refractivity contribution in [2.24, 2.45) is 0 Å². The van der Waals surface area contributed by atoms with E-state index in [0.29, 0.717) is 36.5 Å². The Morgan fingerprint density at radius 1 is 1.26 bits per heavy atom. The first-order valence-corrected chi connectivity index (χ1v) is 6.14. The molecule has 0 aliphatic rings. The van der Waals surface area contributed by atoms with E-state index in [1.807, 2.05) is 6.92 Å². The first kappa shape index (κ1) is 13.9. The van der Waals surface area contributed by atoms with Gasteiger partial charge in [-0.2, -0.15) is 13.2 Å². The highest BCUT2D eigenvalue weighted by molar-refractivity contribution is 5.76. The van der Waals surface area contributed by atoms with E-state index in [9.17, 15) is 13.2 Å². The van der Waals surface area contributed by atoms with Crippen LogP contribution in [-0.2, 0) is 17.3 Å². The lowest BCUT2D eigenvalue weighted by molar-refractivity contribution is -0.137. The van der Waals surface area contributed by atoms with Gasteiger partial charge in [0.05, 0.1) is 23.2 Å². The fourth-order valence-electron chi connectivity index (χ4n) is 1.77. The maximum atomic E-state index is 12.6. The van der Waals surface area contributed by atoms with E-state index in [-0.39, 0.29) is 0 Å². The van der Waals surface area contributed by atoms with Crippen LogP contribution in [0.15, 0.2) is 18.2 Å². The summed E-state index contributed by atoms with van der Waals surface area (Å²) in [5.41, 5.74) is 0.274. The van der Waals surface area contributed by atoms with Crippen LogP contribution in [0, 0.1) is 0 Å². The highest BCUT2D eigenvalue weighted by atomic mass is 19.4. The minimum absolute atomic E-state index is 0.403. The molecule has 0 unspecified atom stereocenters. The van der Waals surface area contributed by atoms with Crippen molar-refractivity contribution in [3.63, 3.8) is 0 Å². The highest BCUT2D eigenvalue weighted by Gasteiger charge is 2.30. The van der Waals surface area contributed by atoms with Crippen molar-refractivity contribution in [2.45, 2.75) is 25.9 Å².